The van der Waals surface area contributed by atoms with Gasteiger partial charge in [0.2, 0.25) is 0 Å². The highest BCUT2D eigenvalue weighted by Crippen LogP contribution is 2.18. The Kier molecular flexibility index (Phi) is 5.34. The maximum Gasteiger partial charge on any atom is 0.327 e. The number of esters is 1. The molecule has 0 aliphatic carbocycles. The second-order valence-electron chi connectivity index (χ2n) is 5.78. The fourth-order valence-electron chi connectivity index (χ4n) is 2.73. The van der Waals surface area contributed by atoms with Gasteiger partial charge in [0, 0.05) is 11.7 Å². The Morgan fingerprint density at radius 3 is 2.45 bits per heavy atom. The molecule has 1 aromatic rings. The van der Waals surface area contributed by atoms with Crippen molar-refractivity contribution in [2.75, 3.05) is 7.11 Å². The molecule has 1 aromatic heterocycles. The summed E-state index contributed by atoms with van der Waals surface area (Å²) in [4.78, 5) is 12.1. The fourth-order valence-corrected chi connectivity index (χ4v) is 2.73. The zero-order valence-electron chi connectivity index (χ0n) is 13.7. The summed E-state index contributed by atoms with van der Waals surface area (Å²) in [7, 11) is 1.42. The highest BCUT2D eigenvalue weighted by atomic mass is 16.5. The number of carbonyl (C=O) groups is 1. The van der Waals surface area contributed by atoms with E-state index in [4.69, 9.17) is 4.74 Å². The van der Waals surface area contributed by atoms with Crippen molar-refractivity contribution in [1.29, 1.82) is 0 Å². The number of ether oxygens (including phenoxy) is 1. The van der Waals surface area contributed by atoms with Crippen LogP contribution in [0.5, 0.6) is 0 Å². The van der Waals surface area contributed by atoms with Crippen LogP contribution in [0.25, 0.3) is 0 Å². The molecule has 0 saturated heterocycles. The molecule has 114 valence electrons. The van der Waals surface area contributed by atoms with Crippen LogP contribution in [0.15, 0.2) is 0 Å². The van der Waals surface area contributed by atoms with Crippen molar-refractivity contribution in [3.05, 3.63) is 17.0 Å². The monoisotopic (exact) mass is 281 g/mol. The minimum Gasteiger partial charge on any atom is -0.468 e. The number of aromatic nitrogens is 2. The molecule has 0 radical (unpaired) electrons. The van der Waals surface area contributed by atoms with Gasteiger partial charge in [-0.15, -0.1) is 0 Å². The van der Waals surface area contributed by atoms with Crippen molar-refractivity contribution < 1.29 is 9.53 Å². The van der Waals surface area contributed by atoms with Gasteiger partial charge in [0.15, 0.2) is 0 Å². The van der Waals surface area contributed by atoms with Gasteiger partial charge in [0.05, 0.1) is 19.3 Å². The highest BCUT2D eigenvalue weighted by Gasteiger charge is 2.36. The number of aryl methyl sites for hydroxylation is 1. The molecular formula is C15H27N3O2. The molecule has 1 rings (SSSR count). The first kappa shape index (κ1) is 16.7. The third kappa shape index (κ3) is 3.39. The summed E-state index contributed by atoms with van der Waals surface area (Å²) in [5.74, 6) is -0.267. The third-order valence-electron chi connectivity index (χ3n) is 3.59. The Bertz CT molecular complexity index is 480. The zero-order valence-corrected chi connectivity index (χ0v) is 13.7. The van der Waals surface area contributed by atoms with Crippen LogP contribution in [0.1, 0.15) is 44.6 Å². The smallest absolute Gasteiger partial charge is 0.327 e. The van der Waals surface area contributed by atoms with Gasteiger partial charge in [-0.1, -0.05) is 6.92 Å². The summed E-state index contributed by atoms with van der Waals surface area (Å²) in [6.07, 6.45) is 0.949. The molecule has 20 heavy (non-hydrogen) atoms. The van der Waals surface area contributed by atoms with Crippen LogP contribution in [0.2, 0.25) is 0 Å². The molecule has 1 unspecified atom stereocenters. The summed E-state index contributed by atoms with van der Waals surface area (Å²) in [6.45, 7) is 12.5. The predicted molar refractivity (Wildman–Crippen MR) is 79.8 cm³/mol. The first-order valence-electron chi connectivity index (χ1n) is 7.14. The van der Waals surface area contributed by atoms with E-state index in [-0.39, 0.29) is 12.0 Å². The fraction of sp³-hybridized carbons (Fsp3) is 0.733. The van der Waals surface area contributed by atoms with E-state index in [2.05, 4.69) is 17.3 Å². The van der Waals surface area contributed by atoms with Gasteiger partial charge in [0.1, 0.15) is 5.54 Å². The summed E-state index contributed by atoms with van der Waals surface area (Å²) in [5, 5.41) is 7.85. The number of hydrogen-bond acceptors (Lipinski definition) is 4. The van der Waals surface area contributed by atoms with E-state index in [1.54, 1.807) is 0 Å². The standard InChI is InChI=1S/C15H27N3O2/c1-8-13-11(4)17-18(12(13)5)9-15(6,14(19)20-7)16-10(2)3/h10,16H,8-9H2,1-7H3. The summed E-state index contributed by atoms with van der Waals surface area (Å²) >= 11 is 0. The number of rotatable bonds is 6. The molecule has 0 spiro atoms. The van der Waals surface area contributed by atoms with Crippen LogP contribution in [0.4, 0.5) is 0 Å². The maximum absolute atomic E-state index is 12.1. The number of hydrogen-bond donors (Lipinski definition) is 1. The lowest BCUT2D eigenvalue weighted by Crippen LogP contribution is -2.55. The van der Waals surface area contributed by atoms with Gasteiger partial charge in [-0.2, -0.15) is 5.10 Å². The average molecular weight is 281 g/mol. The molecule has 1 N–H and O–H groups in total. The minimum atomic E-state index is -0.781. The summed E-state index contributed by atoms with van der Waals surface area (Å²) < 4.78 is 6.85. The normalized spacial score (nSPS) is 14.4. The van der Waals surface area contributed by atoms with Crippen molar-refractivity contribution in [3.8, 4) is 0 Å². The Hall–Kier alpha value is -1.36. The van der Waals surface area contributed by atoms with E-state index in [0.29, 0.717) is 6.54 Å². The molecule has 1 atom stereocenters. The Morgan fingerprint density at radius 2 is 2.05 bits per heavy atom. The topological polar surface area (TPSA) is 56.2 Å². The van der Waals surface area contributed by atoms with Crippen LogP contribution in [0, 0.1) is 13.8 Å². The SMILES string of the molecule is CCc1c(C)nn(CC(C)(NC(C)C)C(=O)OC)c1C. The Morgan fingerprint density at radius 1 is 1.45 bits per heavy atom. The zero-order chi connectivity index (χ0) is 15.5. The van der Waals surface area contributed by atoms with Crippen molar-refractivity contribution in [3.63, 3.8) is 0 Å². The number of methoxy groups -OCH3 is 1. The summed E-state index contributed by atoms with van der Waals surface area (Å²) in [6, 6.07) is 0.182. The molecule has 0 fully saturated rings. The van der Waals surface area contributed by atoms with Crippen molar-refractivity contribution in [2.24, 2.45) is 0 Å². The lowest BCUT2D eigenvalue weighted by Gasteiger charge is -2.30. The maximum atomic E-state index is 12.1. The molecule has 0 amide bonds. The van der Waals surface area contributed by atoms with Gasteiger partial charge in [-0.05, 0) is 46.6 Å². The molecular weight excluding hydrogens is 254 g/mol. The molecule has 1 heterocycles. The van der Waals surface area contributed by atoms with Crippen LogP contribution in [-0.2, 0) is 22.5 Å². The van der Waals surface area contributed by atoms with E-state index in [1.807, 2.05) is 39.3 Å². The van der Waals surface area contributed by atoms with Gasteiger partial charge >= 0.3 is 5.97 Å². The predicted octanol–water partition coefficient (Wildman–Crippen LogP) is 1.99. The Balaban J connectivity index is 3.10. The second-order valence-corrected chi connectivity index (χ2v) is 5.78. The van der Waals surface area contributed by atoms with E-state index < -0.39 is 5.54 Å². The van der Waals surface area contributed by atoms with Gasteiger partial charge < -0.3 is 4.74 Å². The van der Waals surface area contributed by atoms with E-state index in [0.717, 1.165) is 17.8 Å². The lowest BCUT2D eigenvalue weighted by molar-refractivity contribution is -0.149. The first-order valence-corrected chi connectivity index (χ1v) is 7.14. The van der Waals surface area contributed by atoms with Crippen LogP contribution in [0.3, 0.4) is 0 Å². The van der Waals surface area contributed by atoms with Gasteiger partial charge in [-0.25, -0.2) is 4.79 Å². The third-order valence-corrected chi connectivity index (χ3v) is 3.59. The van der Waals surface area contributed by atoms with Gasteiger partial charge in [-0.3, -0.25) is 10.00 Å². The van der Waals surface area contributed by atoms with Crippen molar-refractivity contribution in [1.82, 2.24) is 15.1 Å². The number of nitrogens with zero attached hydrogens (tertiary/aromatic N) is 2. The molecule has 0 saturated carbocycles. The van der Waals surface area contributed by atoms with Crippen molar-refractivity contribution >= 4 is 5.97 Å². The highest BCUT2D eigenvalue weighted by molar-refractivity contribution is 5.80. The molecule has 5 heteroatoms. The first-order chi connectivity index (χ1) is 9.25. The van der Waals surface area contributed by atoms with E-state index >= 15 is 0 Å². The van der Waals surface area contributed by atoms with Crippen LogP contribution in [-0.4, -0.2) is 34.4 Å². The largest absolute Gasteiger partial charge is 0.468 e. The second kappa shape index (κ2) is 6.39. The Labute approximate surface area is 121 Å². The molecule has 0 aromatic carbocycles. The van der Waals surface area contributed by atoms with Crippen LogP contribution >= 0.6 is 0 Å². The molecule has 5 nitrogen and oxygen atoms in total. The molecule has 0 bridgehead atoms. The average Bonchev–Trinajstić information content (AvgIpc) is 2.61. The minimum absolute atomic E-state index is 0.182. The van der Waals surface area contributed by atoms with Gasteiger partial charge in [0.25, 0.3) is 0 Å². The van der Waals surface area contributed by atoms with E-state index in [1.165, 1.54) is 12.7 Å². The molecule has 0 aliphatic heterocycles. The van der Waals surface area contributed by atoms with Crippen LogP contribution < -0.4 is 5.32 Å². The quantitative estimate of drug-likeness (QED) is 0.810. The lowest BCUT2D eigenvalue weighted by atomic mass is 10.0. The van der Waals surface area contributed by atoms with Crippen molar-refractivity contribution in [2.45, 2.75) is 66.1 Å². The number of carbonyl (C=O) groups excluding carboxylic acids is 1. The summed E-state index contributed by atoms with van der Waals surface area (Å²) in [5.41, 5.74) is 2.62. The molecule has 0 aliphatic rings. The number of nitrogens with one attached hydrogen (secondary N) is 1. The van der Waals surface area contributed by atoms with E-state index in [9.17, 15) is 4.79 Å².